The third kappa shape index (κ3) is 2.81. The van der Waals surface area contributed by atoms with Crippen LogP contribution in [0.2, 0.25) is 0 Å². The molecule has 7 nitrogen and oxygen atoms in total. The number of sulfonamides is 1. The van der Waals surface area contributed by atoms with Crippen LogP contribution < -0.4 is 0 Å². The number of rotatable bonds is 4. The quantitative estimate of drug-likeness (QED) is 0.821. The Balaban J connectivity index is 2.56. The molecule has 0 saturated carbocycles. The molecule has 1 heterocycles. The maximum Gasteiger partial charge on any atom is 0.339 e. The zero-order valence-electron chi connectivity index (χ0n) is 11.7. The molecule has 1 atom stereocenters. The zero-order chi connectivity index (χ0) is 16.5. The first-order chi connectivity index (χ1) is 10.3. The maximum absolute atomic E-state index is 13.4. The zero-order valence-corrected chi connectivity index (χ0v) is 12.5. The Bertz CT molecular complexity index is 717. The van der Waals surface area contributed by atoms with E-state index in [0.29, 0.717) is 12.5 Å². The lowest BCUT2D eigenvalue weighted by atomic mass is 10.2. The average Bonchev–Trinajstić information content (AvgIpc) is 2.96. The summed E-state index contributed by atoms with van der Waals surface area (Å²) in [5.74, 6) is -3.07. The number of carbonyl (C=O) groups excluding carboxylic acids is 1. The second-order valence-corrected chi connectivity index (χ2v) is 6.60. The standard InChI is InChI=1S/C13H14FNO6S/c1-21-13(18)9-5-4-8(14)7-11(9)22(19,20)15-6-2-3-10(15)12(16)17/h4-5,7,10H,2-3,6H2,1H3,(H,16,17)/t10-/m0/s1. The minimum absolute atomic E-state index is 0.00355. The first-order valence-electron chi connectivity index (χ1n) is 6.41. The van der Waals surface area contributed by atoms with Crippen LogP contribution in [0.4, 0.5) is 4.39 Å². The van der Waals surface area contributed by atoms with Crippen molar-refractivity contribution in [1.29, 1.82) is 0 Å². The van der Waals surface area contributed by atoms with Crippen LogP contribution in [0.5, 0.6) is 0 Å². The lowest BCUT2D eigenvalue weighted by Gasteiger charge is -2.22. The van der Waals surface area contributed by atoms with Gasteiger partial charge in [0.25, 0.3) is 0 Å². The summed E-state index contributed by atoms with van der Waals surface area (Å²) in [5.41, 5.74) is -0.333. The molecule has 1 aliphatic rings. The number of hydrogen-bond acceptors (Lipinski definition) is 5. The van der Waals surface area contributed by atoms with Crippen molar-refractivity contribution in [1.82, 2.24) is 4.31 Å². The first-order valence-corrected chi connectivity index (χ1v) is 7.85. The monoisotopic (exact) mass is 331 g/mol. The Kier molecular flexibility index (Phi) is 4.47. The van der Waals surface area contributed by atoms with Gasteiger partial charge in [0.15, 0.2) is 0 Å². The van der Waals surface area contributed by atoms with Crippen LogP contribution in [0.1, 0.15) is 23.2 Å². The minimum Gasteiger partial charge on any atom is -0.480 e. The van der Waals surface area contributed by atoms with E-state index in [0.717, 1.165) is 23.5 Å². The maximum atomic E-state index is 13.4. The molecular weight excluding hydrogens is 317 g/mol. The molecule has 1 aromatic rings. The van der Waals surface area contributed by atoms with E-state index in [9.17, 15) is 22.4 Å². The number of benzene rings is 1. The van der Waals surface area contributed by atoms with Crippen LogP contribution >= 0.6 is 0 Å². The lowest BCUT2D eigenvalue weighted by molar-refractivity contribution is -0.140. The average molecular weight is 331 g/mol. The topological polar surface area (TPSA) is 101 Å². The summed E-state index contributed by atoms with van der Waals surface area (Å²) in [7, 11) is -3.26. The first kappa shape index (κ1) is 16.4. The second-order valence-electron chi connectivity index (χ2n) is 4.74. The predicted octanol–water partition coefficient (Wildman–Crippen LogP) is 0.850. The summed E-state index contributed by atoms with van der Waals surface area (Å²) in [6.07, 6.45) is 0.538. The van der Waals surface area contributed by atoms with Crippen molar-refractivity contribution in [3.63, 3.8) is 0 Å². The predicted molar refractivity (Wildman–Crippen MR) is 72.3 cm³/mol. The van der Waals surface area contributed by atoms with Crippen LogP contribution in [-0.2, 0) is 19.6 Å². The molecule has 1 fully saturated rings. The number of esters is 1. The van der Waals surface area contributed by atoms with E-state index in [2.05, 4.69) is 4.74 Å². The van der Waals surface area contributed by atoms with Gasteiger partial charge in [-0.15, -0.1) is 0 Å². The highest BCUT2D eigenvalue weighted by molar-refractivity contribution is 7.89. The summed E-state index contributed by atoms with van der Waals surface area (Å²) >= 11 is 0. The van der Waals surface area contributed by atoms with Gasteiger partial charge in [0.1, 0.15) is 11.9 Å². The smallest absolute Gasteiger partial charge is 0.339 e. The van der Waals surface area contributed by atoms with Gasteiger partial charge in [0, 0.05) is 6.54 Å². The number of ether oxygens (including phenoxy) is 1. The highest BCUT2D eigenvalue weighted by atomic mass is 32.2. The number of methoxy groups -OCH3 is 1. The molecule has 9 heteroatoms. The molecule has 1 saturated heterocycles. The molecule has 0 spiro atoms. The Morgan fingerprint density at radius 3 is 2.68 bits per heavy atom. The Morgan fingerprint density at radius 1 is 1.41 bits per heavy atom. The Hall–Kier alpha value is -2.00. The summed E-state index contributed by atoms with van der Waals surface area (Å²) in [4.78, 5) is 22.2. The fraction of sp³-hybridized carbons (Fsp3) is 0.385. The summed E-state index contributed by atoms with van der Waals surface area (Å²) < 4.78 is 44.0. The SMILES string of the molecule is COC(=O)c1ccc(F)cc1S(=O)(=O)N1CCC[C@H]1C(=O)O. The highest BCUT2D eigenvalue weighted by Crippen LogP contribution is 2.29. The van der Waals surface area contributed by atoms with Crippen LogP contribution in [0, 0.1) is 5.82 Å². The van der Waals surface area contributed by atoms with Crippen molar-refractivity contribution < 1.29 is 32.2 Å². The molecular formula is C13H14FNO6S. The van der Waals surface area contributed by atoms with Crippen LogP contribution in [0.3, 0.4) is 0 Å². The molecule has 1 N–H and O–H groups in total. The fourth-order valence-electron chi connectivity index (χ4n) is 2.39. The van der Waals surface area contributed by atoms with E-state index in [1.54, 1.807) is 0 Å². The van der Waals surface area contributed by atoms with Crippen LogP contribution in [0.15, 0.2) is 23.1 Å². The molecule has 2 rings (SSSR count). The second kappa shape index (κ2) is 6.01. The van der Waals surface area contributed by atoms with E-state index in [-0.39, 0.29) is 18.5 Å². The van der Waals surface area contributed by atoms with Gasteiger partial charge in [0.2, 0.25) is 10.0 Å². The molecule has 22 heavy (non-hydrogen) atoms. The van der Waals surface area contributed by atoms with Crippen LogP contribution in [-0.4, -0.2) is 49.5 Å². The van der Waals surface area contributed by atoms with Crippen LogP contribution in [0.25, 0.3) is 0 Å². The van der Waals surface area contributed by atoms with Gasteiger partial charge >= 0.3 is 11.9 Å². The van der Waals surface area contributed by atoms with E-state index in [1.165, 1.54) is 0 Å². The third-order valence-electron chi connectivity index (χ3n) is 3.42. The molecule has 1 aromatic carbocycles. The van der Waals surface area contributed by atoms with E-state index >= 15 is 0 Å². The van der Waals surface area contributed by atoms with Crippen molar-refractivity contribution in [2.24, 2.45) is 0 Å². The number of hydrogen-bond donors (Lipinski definition) is 1. The molecule has 0 amide bonds. The number of aliphatic carboxylic acids is 1. The fourth-order valence-corrected chi connectivity index (χ4v) is 4.23. The molecule has 0 aliphatic carbocycles. The van der Waals surface area contributed by atoms with Crippen molar-refractivity contribution in [3.8, 4) is 0 Å². The number of carbonyl (C=O) groups is 2. The van der Waals surface area contributed by atoms with Gasteiger partial charge < -0.3 is 9.84 Å². The molecule has 0 bridgehead atoms. The van der Waals surface area contributed by atoms with Crippen molar-refractivity contribution >= 4 is 22.0 Å². The van der Waals surface area contributed by atoms with Gasteiger partial charge in [-0.05, 0) is 31.0 Å². The van der Waals surface area contributed by atoms with E-state index in [4.69, 9.17) is 5.11 Å². The third-order valence-corrected chi connectivity index (χ3v) is 5.37. The number of carboxylic acid groups (broad SMARTS) is 1. The summed E-state index contributed by atoms with van der Waals surface area (Å²) in [6, 6.07) is 1.40. The molecule has 0 aromatic heterocycles. The molecule has 120 valence electrons. The summed E-state index contributed by atoms with van der Waals surface area (Å²) in [6.45, 7) is -0.00355. The number of carboxylic acids is 1. The van der Waals surface area contributed by atoms with Gasteiger partial charge in [-0.1, -0.05) is 0 Å². The Labute approximate surface area is 126 Å². The number of nitrogens with zero attached hydrogens (tertiary/aromatic N) is 1. The van der Waals surface area contributed by atoms with Gasteiger partial charge in [-0.2, -0.15) is 4.31 Å². The van der Waals surface area contributed by atoms with Gasteiger partial charge in [-0.25, -0.2) is 17.6 Å². The Morgan fingerprint density at radius 2 is 2.09 bits per heavy atom. The van der Waals surface area contributed by atoms with Gasteiger partial charge in [0.05, 0.1) is 17.6 Å². The summed E-state index contributed by atoms with van der Waals surface area (Å²) in [5, 5.41) is 9.10. The van der Waals surface area contributed by atoms with Crippen molar-refractivity contribution in [2.75, 3.05) is 13.7 Å². The molecule has 0 radical (unpaired) electrons. The van der Waals surface area contributed by atoms with E-state index < -0.39 is 38.7 Å². The van der Waals surface area contributed by atoms with E-state index in [1.807, 2.05) is 0 Å². The normalized spacial score (nSPS) is 19.1. The highest BCUT2D eigenvalue weighted by Gasteiger charge is 2.41. The minimum atomic E-state index is -4.33. The molecule has 1 aliphatic heterocycles. The largest absolute Gasteiger partial charge is 0.480 e. The van der Waals surface area contributed by atoms with Crippen molar-refractivity contribution in [2.45, 2.75) is 23.8 Å². The van der Waals surface area contributed by atoms with Crippen molar-refractivity contribution in [3.05, 3.63) is 29.6 Å². The molecule has 0 unspecified atom stereocenters. The van der Waals surface area contributed by atoms with Gasteiger partial charge in [-0.3, -0.25) is 4.79 Å². The lowest BCUT2D eigenvalue weighted by Crippen LogP contribution is -2.40. The number of halogens is 1.